The zero-order valence-corrected chi connectivity index (χ0v) is 16.7. The van der Waals surface area contributed by atoms with E-state index in [2.05, 4.69) is 9.55 Å². The summed E-state index contributed by atoms with van der Waals surface area (Å²) in [5.74, 6) is 1.38. The Hall–Kier alpha value is -3.84. The molecule has 0 fully saturated rings. The van der Waals surface area contributed by atoms with Gasteiger partial charge in [-0.2, -0.15) is 0 Å². The molecule has 0 amide bonds. The van der Waals surface area contributed by atoms with Crippen molar-refractivity contribution in [2.75, 3.05) is 13.3 Å². The van der Waals surface area contributed by atoms with Gasteiger partial charge in [0, 0.05) is 35.1 Å². The fraction of sp³-hybridized carbons (Fsp3) is 0.167. The highest BCUT2D eigenvalue weighted by atomic mass is 16.7. The predicted octanol–water partition coefficient (Wildman–Crippen LogP) is 3.78. The van der Waals surface area contributed by atoms with E-state index in [-0.39, 0.29) is 12.4 Å². The van der Waals surface area contributed by atoms with E-state index in [1.807, 2.05) is 54.7 Å². The third kappa shape index (κ3) is 2.78. The molecular formula is C24H20N4O3. The van der Waals surface area contributed by atoms with Crippen molar-refractivity contribution < 1.29 is 9.47 Å². The fourth-order valence-corrected chi connectivity index (χ4v) is 4.32. The molecule has 0 saturated carbocycles. The third-order valence-electron chi connectivity index (χ3n) is 5.82. The number of aryl methyl sites for hydroxylation is 1. The van der Waals surface area contributed by atoms with Gasteiger partial charge in [-0.05, 0) is 30.5 Å². The van der Waals surface area contributed by atoms with E-state index in [0.717, 1.165) is 51.2 Å². The number of aromatic amines is 1. The van der Waals surface area contributed by atoms with Crippen molar-refractivity contribution in [3.8, 4) is 22.8 Å². The van der Waals surface area contributed by atoms with Crippen LogP contribution < -0.4 is 20.8 Å². The van der Waals surface area contributed by atoms with Crippen LogP contribution in [0.1, 0.15) is 6.42 Å². The van der Waals surface area contributed by atoms with Crippen molar-refractivity contribution in [1.29, 1.82) is 0 Å². The molecule has 31 heavy (non-hydrogen) atoms. The highest BCUT2D eigenvalue weighted by Crippen LogP contribution is 2.40. The molecular weight excluding hydrogens is 392 g/mol. The van der Waals surface area contributed by atoms with Crippen molar-refractivity contribution in [1.82, 2.24) is 14.5 Å². The average Bonchev–Trinajstić information content (AvgIpc) is 3.39. The Labute approximate surface area is 177 Å². The van der Waals surface area contributed by atoms with E-state index >= 15 is 0 Å². The van der Waals surface area contributed by atoms with E-state index in [0.29, 0.717) is 23.7 Å². The summed E-state index contributed by atoms with van der Waals surface area (Å²) in [5.41, 5.74) is 9.13. The van der Waals surface area contributed by atoms with Gasteiger partial charge in [-0.3, -0.25) is 4.79 Å². The predicted molar refractivity (Wildman–Crippen MR) is 121 cm³/mol. The molecule has 154 valence electrons. The average molecular weight is 412 g/mol. The number of fused-ring (bicyclic) bond motifs is 5. The summed E-state index contributed by atoms with van der Waals surface area (Å²) in [7, 11) is 0. The first-order valence-corrected chi connectivity index (χ1v) is 10.3. The molecule has 0 radical (unpaired) electrons. The third-order valence-corrected chi connectivity index (χ3v) is 5.82. The summed E-state index contributed by atoms with van der Waals surface area (Å²) in [5, 5.41) is 2.98. The molecule has 7 nitrogen and oxygen atoms in total. The van der Waals surface area contributed by atoms with Crippen LogP contribution in [0.2, 0.25) is 0 Å². The Balaban J connectivity index is 1.65. The molecule has 0 spiro atoms. The monoisotopic (exact) mass is 412 g/mol. The number of hydrogen-bond acceptors (Lipinski definition) is 5. The number of nitrogens with zero attached hydrogens (tertiary/aromatic N) is 2. The summed E-state index contributed by atoms with van der Waals surface area (Å²) >= 11 is 0. The summed E-state index contributed by atoms with van der Waals surface area (Å²) < 4.78 is 13.3. The van der Waals surface area contributed by atoms with Gasteiger partial charge in [0.25, 0.3) is 5.56 Å². The van der Waals surface area contributed by atoms with Crippen molar-refractivity contribution in [3.63, 3.8) is 0 Å². The molecule has 3 heterocycles. The maximum atomic E-state index is 13.1. The Kier molecular flexibility index (Phi) is 3.97. The highest BCUT2D eigenvalue weighted by Gasteiger charge is 2.21. The lowest BCUT2D eigenvalue weighted by molar-refractivity contribution is 0.174. The minimum absolute atomic E-state index is 0.195. The van der Waals surface area contributed by atoms with Crippen LogP contribution in [-0.2, 0) is 6.54 Å². The van der Waals surface area contributed by atoms with Crippen LogP contribution in [-0.4, -0.2) is 27.9 Å². The largest absolute Gasteiger partial charge is 0.454 e. The number of aromatic nitrogens is 3. The van der Waals surface area contributed by atoms with Gasteiger partial charge >= 0.3 is 0 Å². The lowest BCUT2D eigenvalue weighted by Gasteiger charge is -2.06. The van der Waals surface area contributed by atoms with E-state index in [1.165, 1.54) is 0 Å². The molecule has 3 N–H and O–H groups in total. The number of hydrogen-bond donors (Lipinski definition) is 2. The molecule has 1 aliphatic rings. The Bertz CT molecular complexity index is 1530. The Morgan fingerprint density at radius 2 is 1.90 bits per heavy atom. The molecule has 5 aromatic rings. The smallest absolute Gasteiger partial charge is 0.275 e. The maximum Gasteiger partial charge on any atom is 0.275 e. The summed E-state index contributed by atoms with van der Waals surface area (Å²) in [6, 6.07) is 15.8. The van der Waals surface area contributed by atoms with Gasteiger partial charge in [0.05, 0.1) is 16.6 Å². The van der Waals surface area contributed by atoms with Crippen molar-refractivity contribution in [2.24, 2.45) is 5.73 Å². The fourth-order valence-electron chi connectivity index (χ4n) is 4.32. The van der Waals surface area contributed by atoms with E-state index in [9.17, 15) is 4.79 Å². The summed E-state index contributed by atoms with van der Waals surface area (Å²) in [4.78, 5) is 20.9. The number of rotatable bonds is 4. The SMILES string of the molecule is NCCCn1cc(-c2nc3c(ccc4ccccc43)[nH]c2=O)c2cc3c(cc21)OCO3. The van der Waals surface area contributed by atoms with Crippen LogP contribution in [0.25, 0.3) is 44.0 Å². The number of nitrogens with one attached hydrogen (secondary N) is 1. The quantitative estimate of drug-likeness (QED) is 0.438. The number of nitrogens with two attached hydrogens (primary N) is 1. The first-order chi connectivity index (χ1) is 15.2. The molecule has 2 aromatic heterocycles. The Morgan fingerprint density at radius 3 is 2.77 bits per heavy atom. The first-order valence-electron chi connectivity index (χ1n) is 10.3. The van der Waals surface area contributed by atoms with Crippen molar-refractivity contribution in [3.05, 3.63) is 65.1 Å². The minimum atomic E-state index is -0.224. The highest BCUT2D eigenvalue weighted by molar-refractivity contribution is 6.05. The second-order valence-electron chi connectivity index (χ2n) is 7.70. The van der Waals surface area contributed by atoms with Crippen molar-refractivity contribution in [2.45, 2.75) is 13.0 Å². The van der Waals surface area contributed by atoms with Gasteiger partial charge in [0.15, 0.2) is 11.5 Å². The van der Waals surface area contributed by atoms with Gasteiger partial charge in [-0.15, -0.1) is 0 Å². The van der Waals surface area contributed by atoms with Crippen LogP contribution in [0.5, 0.6) is 11.5 Å². The van der Waals surface area contributed by atoms with E-state index in [1.54, 1.807) is 0 Å². The molecule has 0 bridgehead atoms. The van der Waals surface area contributed by atoms with Gasteiger partial charge in [-0.1, -0.05) is 30.3 Å². The zero-order chi connectivity index (χ0) is 20.9. The maximum absolute atomic E-state index is 13.1. The molecule has 3 aromatic carbocycles. The number of ether oxygens (including phenoxy) is 2. The van der Waals surface area contributed by atoms with Crippen LogP contribution in [0, 0.1) is 0 Å². The van der Waals surface area contributed by atoms with Crippen LogP contribution in [0.4, 0.5) is 0 Å². The molecule has 1 aliphatic heterocycles. The Morgan fingerprint density at radius 1 is 1.06 bits per heavy atom. The molecule has 0 aliphatic carbocycles. The van der Waals surface area contributed by atoms with E-state index in [4.69, 9.17) is 20.2 Å². The van der Waals surface area contributed by atoms with Gasteiger partial charge < -0.3 is 24.8 Å². The van der Waals surface area contributed by atoms with Gasteiger partial charge in [-0.25, -0.2) is 4.98 Å². The lowest BCUT2D eigenvalue weighted by atomic mass is 10.1. The van der Waals surface area contributed by atoms with Gasteiger partial charge in [0.2, 0.25) is 6.79 Å². The summed E-state index contributed by atoms with van der Waals surface area (Å²) in [6.07, 6.45) is 2.80. The van der Waals surface area contributed by atoms with E-state index < -0.39 is 0 Å². The standard InChI is InChI=1S/C24H20N4O3/c25-8-3-9-28-12-17(16-10-20-21(11-19(16)28)31-13-30-20)23-24(29)26-18-7-6-14-4-1-2-5-15(14)22(18)27-23/h1-2,4-7,10-12H,3,8-9,13,25H2,(H,26,29). The number of H-pyrrole nitrogens is 1. The molecule has 0 atom stereocenters. The topological polar surface area (TPSA) is 95.2 Å². The first kappa shape index (κ1) is 18.0. The van der Waals surface area contributed by atoms with Crippen LogP contribution in [0.15, 0.2) is 59.5 Å². The molecule has 0 unspecified atom stereocenters. The lowest BCUT2D eigenvalue weighted by Crippen LogP contribution is -2.11. The zero-order valence-electron chi connectivity index (χ0n) is 16.7. The van der Waals surface area contributed by atoms with Gasteiger partial charge in [0.1, 0.15) is 5.69 Å². The van der Waals surface area contributed by atoms with Crippen molar-refractivity contribution >= 4 is 32.7 Å². The normalized spacial score (nSPS) is 12.9. The molecule has 6 rings (SSSR count). The second-order valence-corrected chi connectivity index (χ2v) is 7.70. The molecule has 0 saturated heterocycles. The van der Waals surface area contributed by atoms with Crippen LogP contribution >= 0.6 is 0 Å². The molecule has 7 heteroatoms. The number of benzene rings is 3. The minimum Gasteiger partial charge on any atom is -0.454 e. The second kappa shape index (κ2) is 6.85. The summed E-state index contributed by atoms with van der Waals surface area (Å²) in [6.45, 7) is 1.52. The van der Waals surface area contributed by atoms with Crippen LogP contribution in [0.3, 0.4) is 0 Å².